The molecule has 4 heteroatoms. The SMILES string of the molecule is Cc1cn(C)nc1[C@H](O)CCN. The Morgan fingerprint density at radius 1 is 1.75 bits per heavy atom. The zero-order chi connectivity index (χ0) is 9.14. The fourth-order valence-corrected chi connectivity index (χ4v) is 1.25. The summed E-state index contributed by atoms with van der Waals surface area (Å²) in [5.74, 6) is 0. The van der Waals surface area contributed by atoms with Gasteiger partial charge in [0.25, 0.3) is 0 Å². The molecule has 0 aromatic carbocycles. The van der Waals surface area contributed by atoms with E-state index in [-0.39, 0.29) is 0 Å². The summed E-state index contributed by atoms with van der Waals surface area (Å²) in [6.07, 6.45) is 1.93. The molecule has 1 rings (SSSR count). The van der Waals surface area contributed by atoms with E-state index in [9.17, 15) is 5.11 Å². The molecule has 0 aliphatic carbocycles. The Balaban J connectivity index is 2.79. The molecule has 0 bridgehead atoms. The van der Waals surface area contributed by atoms with E-state index in [0.717, 1.165) is 11.3 Å². The average Bonchev–Trinajstić information content (AvgIpc) is 2.30. The Labute approximate surface area is 72.0 Å². The van der Waals surface area contributed by atoms with Crippen LogP contribution in [0.4, 0.5) is 0 Å². The largest absolute Gasteiger partial charge is 0.387 e. The first-order chi connectivity index (χ1) is 5.65. The van der Waals surface area contributed by atoms with E-state index in [1.54, 1.807) is 4.68 Å². The minimum Gasteiger partial charge on any atom is -0.387 e. The van der Waals surface area contributed by atoms with Crippen molar-refractivity contribution in [1.82, 2.24) is 9.78 Å². The number of hydrogen-bond donors (Lipinski definition) is 2. The number of rotatable bonds is 3. The molecule has 1 heterocycles. The fraction of sp³-hybridized carbons (Fsp3) is 0.625. The Morgan fingerprint density at radius 2 is 2.42 bits per heavy atom. The van der Waals surface area contributed by atoms with Gasteiger partial charge >= 0.3 is 0 Å². The summed E-state index contributed by atoms with van der Waals surface area (Å²) in [6.45, 7) is 2.42. The van der Waals surface area contributed by atoms with Crippen molar-refractivity contribution in [3.05, 3.63) is 17.5 Å². The van der Waals surface area contributed by atoms with Gasteiger partial charge in [0.05, 0.1) is 11.8 Å². The quantitative estimate of drug-likeness (QED) is 0.675. The Hall–Kier alpha value is -0.870. The third kappa shape index (κ3) is 1.84. The second kappa shape index (κ2) is 3.69. The van der Waals surface area contributed by atoms with Gasteiger partial charge in [-0.2, -0.15) is 5.10 Å². The molecule has 0 amide bonds. The lowest BCUT2D eigenvalue weighted by Crippen LogP contribution is -2.08. The van der Waals surface area contributed by atoms with E-state index in [1.807, 2.05) is 20.2 Å². The van der Waals surface area contributed by atoms with Gasteiger partial charge in [-0.3, -0.25) is 4.68 Å². The first-order valence-corrected chi connectivity index (χ1v) is 4.03. The first kappa shape index (κ1) is 9.22. The molecule has 1 atom stereocenters. The van der Waals surface area contributed by atoms with Gasteiger partial charge in [0, 0.05) is 13.2 Å². The van der Waals surface area contributed by atoms with Crippen LogP contribution < -0.4 is 5.73 Å². The summed E-state index contributed by atoms with van der Waals surface area (Å²) in [5.41, 5.74) is 7.08. The molecule has 0 spiro atoms. The first-order valence-electron chi connectivity index (χ1n) is 4.03. The minimum atomic E-state index is -0.517. The van der Waals surface area contributed by atoms with Crippen LogP contribution in [-0.2, 0) is 7.05 Å². The number of nitrogens with zero attached hydrogens (tertiary/aromatic N) is 2. The lowest BCUT2D eigenvalue weighted by atomic mass is 10.1. The monoisotopic (exact) mass is 169 g/mol. The Bertz CT molecular complexity index is 257. The number of aryl methyl sites for hydroxylation is 2. The minimum absolute atomic E-state index is 0.483. The van der Waals surface area contributed by atoms with Gasteiger partial charge < -0.3 is 10.8 Å². The van der Waals surface area contributed by atoms with E-state index in [2.05, 4.69) is 5.10 Å². The smallest absolute Gasteiger partial charge is 0.0993 e. The number of nitrogens with two attached hydrogens (primary N) is 1. The molecule has 12 heavy (non-hydrogen) atoms. The van der Waals surface area contributed by atoms with Crippen LogP contribution >= 0.6 is 0 Å². The van der Waals surface area contributed by atoms with Crippen LogP contribution in [0.25, 0.3) is 0 Å². The lowest BCUT2D eigenvalue weighted by molar-refractivity contribution is 0.164. The molecule has 0 saturated heterocycles. The lowest BCUT2D eigenvalue weighted by Gasteiger charge is -2.05. The summed E-state index contributed by atoms with van der Waals surface area (Å²) in [7, 11) is 1.84. The topological polar surface area (TPSA) is 64.1 Å². The van der Waals surface area contributed by atoms with Crippen molar-refractivity contribution in [2.45, 2.75) is 19.4 Å². The van der Waals surface area contributed by atoms with Gasteiger partial charge in [-0.05, 0) is 25.5 Å². The predicted octanol–water partition coefficient (Wildman–Crippen LogP) is 0.111. The highest BCUT2D eigenvalue weighted by atomic mass is 16.3. The normalized spacial score (nSPS) is 13.3. The number of aromatic nitrogens is 2. The highest BCUT2D eigenvalue weighted by molar-refractivity contribution is 5.16. The second-order valence-corrected chi connectivity index (χ2v) is 2.96. The van der Waals surface area contributed by atoms with Crippen LogP contribution in [0, 0.1) is 6.92 Å². The van der Waals surface area contributed by atoms with Crippen LogP contribution in [-0.4, -0.2) is 21.4 Å². The molecular formula is C8H15N3O. The van der Waals surface area contributed by atoms with Crippen LogP contribution in [0.3, 0.4) is 0 Å². The van der Waals surface area contributed by atoms with Crippen LogP contribution in [0.2, 0.25) is 0 Å². The molecule has 0 fully saturated rings. The summed E-state index contributed by atoms with van der Waals surface area (Å²) in [4.78, 5) is 0. The Kier molecular flexibility index (Phi) is 2.83. The van der Waals surface area contributed by atoms with Crippen molar-refractivity contribution in [2.24, 2.45) is 12.8 Å². The maximum Gasteiger partial charge on any atom is 0.0993 e. The number of aliphatic hydroxyl groups excluding tert-OH is 1. The third-order valence-corrected chi connectivity index (χ3v) is 1.81. The van der Waals surface area contributed by atoms with Crippen molar-refractivity contribution in [3.8, 4) is 0 Å². The van der Waals surface area contributed by atoms with Crippen LogP contribution in [0.1, 0.15) is 23.8 Å². The summed E-state index contributed by atoms with van der Waals surface area (Å²) in [6, 6.07) is 0. The van der Waals surface area contributed by atoms with Crippen molar-refractivity contribution < 1.29 is 5.11 Å². The van der Waals surface area contributed by atoms with E-state index >= 15 is 0 Å². The van der Waals surface area contributed by atoms with E-state index in [1.165, 1.54) is 0 Å². The van der Waals surface area contributed by atoms with E-state index < -0.39 is 6.10 Å². The van der Waals surface area contributed by atoms with Gasteiger partial charge in [-0.25, -0.2) is 0 Å². The molecule has 0 aliphatic heterocycles. The molecule has 1 aromatic heterocycles. The molecule has 0 unspecified atom stereocenters. The standard InChI is InChI=1S/C8H15N3O/c1-6-5-11(2)10-8(6)7(12)3-4-9/h5,7,12H,3-4,9H2,1-2H3/t7-/m1/s1. The average molecular weight is 169 g/mol. The highest BCUT2D eigenvalue weighted by Gasteiger charge is 2.12. The van der Waals surface area contributed by atoms with Crippen molar-refractivity contribution in [2.75, 3.05) is 6.54 Å². The summed E-state index contributed by atoms with van der Waals surface area (Å²) >= 11 is 0. The summed E-state index contributed by atoms with van der Waals surface area (Å²) in [5, 5.41) is 13.7. The molecule has 4 nitrogen and oxygen atoms in total. The molecule has 1 aromatic rings. The van der Waals surface area contributed by atoms with Gasteiger partial charge in [0.2, 0.25) is 0 Å². The molecule has 0 saturated carbocycles. The molecule has 3 N–H and O–H groups in total. The number of hydrogen-bond acceptors (Lipinski definition) is 3. The van der Waals surface area contributed by atoms with Gasteiger partial charge in [0.1, 0.15) is 0 Å². The highest BCUT2D eigenvalue weighted by Crippen LogP contribution is 2.17. The van der Waals surface area contributed by atoms with Crippen molar-refractivity contribution in [3.63, 3.8) is 0 Å². The predicted molar refractivity (Wildman–Crippen MR) is 46.6 cm³/mol. The van der Waals surface area contributed by atoms with E-state index in [4.69, 9.17) is 5.73 Å². The molecular weight excluding hydrogens is 154 g/mol. The number of aliphatic hydroxyl groups is 1. The van der Waals surface area contributed by atoms with Gasteiger partial charge in [0.15, 0.2) is 0 Å². The fourth-order valence-electron chi connectivity index (χ4n) is 1.25. The zero-order valence-electron chi connectivity index (χ0n) is 7.49. The molecule has 68 valence electrons. The molecule has 0 radical (unpaired) electrons. The zero-order valence-corrected chi connectivity index (χ0v) is 7.49. The van der Waals surface area contributed by atoms with Gasteiger partial charge in [-0.15, -0.1) is 0 Å². The molecule has 0 aliphatic rings. The van der Waals surface area contributed by atoms with E-state index in [0.29, 0.717) is 13.0 Å². The Morgan fingerprint density at radius 3 is 2.83 bits per heavy atom. The second-order valence-electron chi connectivity index (χ2n) is 2.96. The summed E-state index contributed by atoms with van der Waals surface area (Å²) < 4.78 is 1.70. The third-order valence-electron chi connectivity index (χ3n) is 1.81. The van der Waals surface area contributed by atoms with Crippen molar-refractivity contribution in [1.29, 1.82) is 0 Å². The van der Waals surface area contributed by atoms with Crippen LogP contribution in [0.5, 0.6) is 0 Å². The van der Waals surface area contributed by atoms with Crippen molar-refractivity contribution >= 4 is 0 Å². The maximum absolute atomic E-state index is 9.56. The van der Waals surface area contributed by atoms with Crippen LogP contribution in [0.15, 0.2) is 6.20 Å². The maximum atomic E-state index is 9.56. The van der Waals surface area contributed by atoms with Gasteiger partial charge in [-0.1, -0.05) is 0 Å².